The summed E-state index contributed by atoms with van der Waals surface area (Å²) in [6, 6.07) is 8.16. The molecule has 3 aromatic rings. The van der Waals surface area contributed by atoms with Gasteiger partial charge in [0.25, 0.3) is 0 Å². The molecule has 2 aromatic heterocycles. The number of amides is 1. The number of hydrogen-bond donors (Lipinski definition) is 1. The first-order valence-corrected chi connectivity index (χ1v) is 9.76. The molecule has 1 N–H and O–H groups in total. The predicted molar refractivity (Wildman–Crippen MR) is 118 cm³/mol. The Bertz CT molecular complexity index is 1170. The number of pyridine rings is 1. The molecule has 1 amide bonds. The van der Waals surface area contributed by atoms with Gasteiger partial charge < -0.3 is 14.8 Å². The zero-order chi connectivity index (χ0) is 22.5. The van der Waals surface area contributed by atoms with Crippen LogP contribution in [0.2, 0.25) is 10.0 Å². The maximum absolute atomic E-state index is 12.5. The van der Waals surface area contributed by atoms with Crippen LogP contribution in [0.5, 0.6) is 11.5 Å². The molecule has 0 spiro atoms. The van der Waals surface area contributed by atoms with Crippen molar-refractivity contribution in [3.8, 4) is 17.3 Å². The molecule has 0 saturated carbocycles. The van der Waals surface area contributed by atoms with Crippen molar-refractivity contribution in [2.45, 2.75) is 13.8 Å². The largest absolute Gasteiger partial charge is 0.493 e. The Hall–Kier alpha value is -3.36. The van der Waals surface area contributed by atoms with Crippen molar-refractivity contribution < 1.29 is 19.1 Å². The number of aromatic nitrogens is 3. The van der Waals surface area contributed by atoms with Crippen LogP contribution in [-0.2, 0) is 9.59 Å². The van der Waals surface area contributed by atoms with Gasteiger partial charge in [-0.05, 0) is 36.8 Å². The summed E-state index contributed by atoms with van der Waals surface area (Å²) in [5.41, 5.74) is 1.34. The Labute approximate surface area is 188 Å². The zero-order valence-electron chi connectivity index (χ0n) is 16.8. The van der Waals surface area contributed by atoms with Crippen LogP contribution < -0.4 is 14.8 Å². The van der Waals surface area contributed by atoms with Crippen molar-refractivity contribution in [2.75, 3.05) is 12.4 Å². The van der Waals surface area contributed by atoms with Gasteiger partial charge in [0.05, 0.1) is 22.8 Å². The molecule has 31 heavy (non-hydrogen) atoms. The van der Waals surface area contributed by atoms with Gasteiger partial charge in [0.15, 0.2) is 17.3 Å². The summed E-state index contributed by atoms with van der Waals surface area (Å²) >= 11 is 12.1. The molecule has 0 fully saturated rings. The molecule has 0 unspecified atom stereocenters. The molecule has 1 aromatic carbocycles. The molecule has 0 atom stereocenters. The number of methoxy groups -OCH3 is 1. The number of ether oxygens (including phenoxy) is 2. The minimum atomic E-state index is -0.455. The van der Waals surface area contributed by atoms with E-state index in [9.17, 15) is 9.59 Å². The van der Waals surface area contributed by atoms with Crippen molar-refractivity contribution >= 4 is 47.0 Å². The van der Waals surface area contributed by atoms with E-state index in [-0.39, 0.29) is 0 Å². The smallest absolute Gasteiger partial charge is 0.308 e. The molecule has 0 aliphatic carbocycles. The van der Waals surface area contributed by atoms with Crippen LogP contribution >= 0.6 is 23.2 Å². The minimum absolute atomic E-state index is 0.293. The number of nitrogens with zero attached hydrogens (tertiary/aromatic N) is 3. The lowest BCUT2D eigenvalue weighted by molar-refractivity contribution is -0.132. The highest BCUT2D eigenvalue weighted by Gasteiger charge is 2.14. The fraction of sp³-hybridized carbons (Fsp3) is 0.143. The van der Waals surface area contributed by atoms with Gasteiger partial charge >= 0.3 is 5.97 Å². The van der Waals surface area contributed by atoms with E-state index < -0.39 is 11.9 Å². The standard InChI is InChI=1S/C21H18Cl2N4O4/c1-12-8-19(27(26-12)21-16(23)10-15(22)11-24-21)25-20(29)7-5-14-4-6-17(31-13(2)28)18(9-14)30-3/h4-11H,1-3H3,(H,25,29)/b7-5+. The quantitative estimate of drug-likeness (QED) is 0.331. The van der Waals surface area contributed by atoms with E-state index in [0.717, 1.165) is 0 Å². The number of halogens is 2. The number of rotatable bonds is 6. The van der Waals surface area contributed by atoms with Gasteiger partial charge in [0.1, 0.15) is 5.82 Å². The Morgan fingerprint density at radius 1 is 1.16 bits per heavy atom. The van der Waals surface area contributed by atoms with E-state index in [1.165, 1.54) is 31.0 Å². The number of hydrogen-bond acceptors (Lipinski definition) is 6. The SMILES string of the molecule is COc1cc(/C=C/C(=O)Nc2cc(C)nn2-c2ncc(Cl)cc2Cl)ccc1OC(C)=O. The molecule has 8 nitrogen and oxygen atoms in total. The summed E-state index contributed by atoms with van der Waals surface area (Å²) in [6.45, 7) is 3.08. The maximum Gasteiger partial charge on any atom is 0.308 e. The van der Waals surface area contributed by atoms with Gasteiger partial charge in [-0.25, -0.2) is 4.98 Å². The van der Waals surface area contributed by atoms with Gasteiger partial charge in [0, 0.05) is 25.3 Å². The number of aryl methyl sites for hydroxylation is 1. The molecule has 2 heterocycles. The highest BCUT2D eigenvalue weighted by molar-refractivity contribution is 6.35. The van der Waals surface area contributed by atoms with E-state index in [1.807, 2.05) is 0 Å². The molecule has 0 aliphatic heterocycles. The van der Waals surface area contributed by atoms with E-state index in [2.05, 4.69) is 15.4 Å². The monoisotopic (exact) mass is 460 g/mol. The Morgan fingerprint density at radius 2 is 1.94 bits per heavy atom. The van der Waals surface area contributed by atoms with Crippen LogP contribution in [-0.4, -0.2) is 33.8 Å². The molecule has 0 saturated heterocycles. The van der Waals surface area contributed by atoms with Crippen LogP contribution in [0, 0.1) is 6.92 Å². The van der Waals surface area contributed by atoms with Crippen molar-refractivity contribution in [3.63, 3.8) is 0 Å². The molecular formula is C21H18Cl2N4O4. The number of esters is 1. The topological polar surface area (TPSA) is 95.3 Å². The number of carbonyl (C=O) groups excluding carboxylic acids is 2. The first-order chi connectivity index (χ1) is 14.8. The molecule has 0 aliphatic rings. The lowest BCUT2D eigenvalue weighted by Crippen LogP contribution is -2.13. The second-order valence-electron chi connectivity index (χ2n) is 6.37. The van der Waals surface area contributed by atoms with Crippen molar-refractivity contribution in [1.29, 1.82) is 0 Å². The fourth-order valence-corrected chi connectivity index (χ4v) is 3.14. The van der Waals surface area contributed by atoms with Gasteiger partial charge in [-0.1, -0.05) is 29.3 Å². The van der Waals surface area contributed by atoms with Crippen LogP contribution in [0.3, 0.4) is 0 Å². The highest BCUT2D eigenvalue weighted by atomic mass is 35.5. The van der Waals surface area contributed by atoms with Gasteiger partial charge in [-0.15, -0.1) is 0 Å². The number of anilines is 1. The first kappa shape index (κ1) is 22.3. The Balaban J connectivity index is 1.79. The van der Waals surface area contributed by atoms with Crippen LogP contribution in [0.15, 0.2) is 42.6 Å². The van der Waals surface area contributed by atoms with Gasteiger partial charge in [-0.3, -0.25) is 9.59 Å². The average molecular weight is 461 g/mol. The normalized spacial score (nSPS) is 10.9. The first-order valence-electron chi connectivity index (χ1n) is 9.00. The lowest BCUT2D eigenvalue weighted by Gasteiger charge is -2.09. The van der Waals surface area contributed by atoms with Crippen LogP contribution in [0.4, 0.5) is 5.82 Å². The second kappa shape index (κ2) is 9.63. The fourth-order valence-electron chi connectivity index (χ4n) is 2.68. The third-order valence-corrected chi connectivity index (χ3v) is 4.43. The number of benzene rings is 1. The summed E-state index contributed by atoms with van der Waals surface area (Å²) in [5.74, 6) is 0.548. The van der Waals surface area contributed by atoms with Crippen LogP contribution in [0.1, 0.15) is 18.2 Å². The maximum atomic E-state index is 12.5. The number of nitrogens with one attached hydrogen (secondary N) is 1. The van der Waals surface area contributed by atoms with Crippen molar-refractivity contribution in [1.82, 2.24) is 14.8 Å². The summed E-state index contributed by atoms with van der Waals surface area (Å²) in [6.07, 6.45) is 4.39. The van der Waals surface area contributed by atoms with Crippen LogP contribution in [0.25, 0.3) is 11.9 Å². The van der Waals surface area contributed by atoms with E-state index in [1.54, 1.807) is 43.3 Å². The van der Waals surface area contributed by atoms with Crippen molar-refractivity contribution in [3.05, 3.63) is 63.9 Å². The second-order valence-corrected chi connectivity index (χ2v) is 7.21. The van der Waals surface area contributed by atoms with Gasteiger partial charge in [-0.2, -0.15) is 9.78 Å². The molecule has 0 bridgehead atoms. The highest BCUT2D eigenvalue weighted by Crippen LogP contribution is 2.29. The molecule has 160 valence electrons. The Morgan fingerprint density at radius 3 is 2.61 bits per heavy atom. The number of carbonyl (C=O) groups is 2. The summed E-state index contributed by atoms with van der Waals surface area (Å²) < 4.78 is 11.7. The van der Waals surface area contributed by atoms with Gasteiger partial charge in [0.2, 0.25) is 5.91 Å². The van der Waals surface area contributed by atoms with E-state index in [4.69, 9.17) is 32.7 Å². The predicted octanol–water partition coefficient (Wildman–Crippen LogP) is 4.47. The zero-order valence-corrected chi connectivity index (χ0v) is 18.4. The summed E-state index contributed by atoms with van der Waals surface area (Å²) in [7, 11) is 1.46. The summed E-state index contributed by atoms with van der Waals surface area (Å²) in [4.78, 5) is 27.8. The van der Waals surface area contributed by atoms with E-state index >= 15 is 0 Å². The minimum Gasteiger partial charge on any atom is -0.493 e. The molecule has 3 rings (SSSR count). The lowest BCUT2D eigenvalue weighted by atomic mass is 10.2. The molecule has 10 heteroatoms. The average Bonchev–Trinajstić information content (AvgIpc) is 3.06. The molecular weight excluding hydrogens is 443 g/mol. The third kappa shape index (κ3) is 5.62. The third-order valence-electron chi connectivity index (χ3n) is 3.94. The van der Waals surface area contributed by atoms with E-state index in [0.29, 0.717) is 44.4 Å². The summed E-state index contributed by atoms with van der Waals surface area (Å²) in [5, 5.41) is 7.76. The molecule has 0 radical (unpaired) electrons. The van der Waals surface area contributed by atoms with Crippen molar-refractivity contribution in [2.24, 2.45) is 0 Å². The Kier molecular flexibility index (Phi) is 6.94.